The Morgan fingerprint density at radius 3 is 2.94 bits per heavy atom. The minimum atomic E-state index is 0.390. The van der Waals surface area contributed by atoms with Crippen LogP contribution in [0.2, 0.25) is 0 Å². The zero-order chi connectivity index (χ0) is 11.7. The molecule has 2 aliphatic rings. The van der Waals surface area contributed by atoms with Crippen molar-refractivity contribution in [3.63, 3.8) is 0 Å². The smallest absolute Gasteiger partial charge is 0.121 e. The molecular weight excluding hydrogens is 212 g/mol. The number of likely N-dealkylation sites (N-methyl/N-ethyl adjacent to an activating group) is 1. The molecule has 0 radical (unpaired) electrons. The van der Waals surface area contributed by atoms with Crippen molar-refractivity contribution in [1.29, 1.82) is 0 Å². The lowest BCUT2D eigenvalue weighted by molar-refractivity contribution is 0.162. The Labute approximate surface area is 103 Å². The van der Waals surface area contributed by atoms with Crippen molar-refractivity contribution in [3.8, 4) is 5.75 Å². The Morgan fingerprint density at radius 1 is 1.29 bits per heavy atom. The summed E-state index contributed by atoms with van der Waals surface area (Å²) < 4.78 is 6.06. The van der Waals surface area contributed by atoms with Gasteiger partial charge in [0.1, 0.15) is 11.9 Å². The third-order valence-corrected chi connectivity index (χ3v) is 3.77. The summed E-state index contributed by atoms with van der Waals surface area (Å²) in [6, 6.07) is 6.54. The third-order valence-electron chi connectivity index (χ3n) is 3.77. The van der Waals surface area contributed by atoms with Crippen LogP contribution in [0.15, 0.2) is 18.2 Å². The second-order valence-electron chi connectivity index (χ2n) is 5.03. The lowest BCUT2D eigenvalue weighted by Crippen LogP contribution is -2.34. The van der Waals surface area contributed by atoms with Crippen LogP contribution >= 0.6 is 0 Å². The predicted molar refractivity (Wildman–Crippen MR) is 69.9 cm³/mol. The lowest BCUT2D eigenvalue weighted by atomic mass is 10.1. The maximum atomic E-state index is 6.06. The number of benzene rings is 1. The van der Waals surface area contributed by atoms with E-state index in [0.29, 0.717) is 6.10 Å². The number of ether oxygens (including phenoxy) is 1. The Bertz CT molecular complexity index is 399. The van der Waals surface area contributed by atoms with Crippen molar-refractivity contribution in [3.05, 3.63) is 23.8 Å². The van der Waals surface area contributed by atoms with E-state index in [2.05, 4.69) is 35.5 Å². The number of hydrogen-bond donors (Lipinski definition) is 1. The highest BCUT2D eigenvalue weighted by Gasteiger charge is 2.18. The first kappa shape index (κ1) is 10.9. The fourth-order valence-electron chi connectivity index (χ4n) is 2.70. The van der Waals surface area contributed by atoms with E-state index in [1.54, 1.807) is 0 Å². The summed E-state index contributed by atoms with van der Waals surface area (Å²) in [5.74, 6) is 1.03. The Balaban J connectivity index is 1.73. The van der Waals surface area contributed by atoms with Crippen LogP contribution in [0.5, 0.6) is 5.75 Å². The zero-order valence-corrected chi connectivity index (χ0v) is 10.4. The van der Waals surface area contributed by atoms with Crippen LogP contribution in [0.1, 0.15) is 18.4 Å². The average Bonchev–Trinajstić information content (AvgIpc) is 2.73. The van der Waals surface area contributed by atoms with Gasteiger partial charge >= 0.3 is 0 Å². The largest absolute Gasteiger partial charge is 0.490 e. The molecule has 3 nitrogen and oxygen atoms in total. The third kappa shape index (κ3) is 2.25. The molecule has 2 aliphatic heterocycles. The molecule has 0 amide bonds. The molecule has 17 heavy (non-hydrogen) atoms. The van der Waals surface area contributed by atoms with E-state index in [4.69, 9.17) is 4.74 Å². The molecule has 1 N–H and O–H groups in total. The number of anilines is 1. The number of fused-ring (bicyclic) bond motifs is 1. The van der Waals surface area contributed by atoms with E-state index in [9.17, 15) is 0 Å². The van der Waals surface area contributed by atoms with Crippen molar-refractivity contribution in [1.82, 2.24) is 5.32 Å². The topological polar surface area (TPSA) is 24.5 Å². The number of nitrogens with one attached hydrogen (secondary N) is 1. The van der Waals surface area contributed by atoms with Crippen molar-refractivity contribution >= 4 is 5.69 Å². The minimum Gasteiger partial charge on any atom is -0.490 e. The van der Waals surface area contributed by atoms with E-state index in [0.717, 1.165) is 38.2 Å². The van der Waals surface area contributed by atoms with Crippen LogP contribution in [-0.2, 0) is 6.42 Å². The summed E-state index contributed by atoms with van der Waals surface area (Å²) in [4.78, 5) is 2.31. The van der Waals surface area contributed by atoms with Gasteiger partial charge in [-0.15, -0.1) is 0 Å². The van der Waals surface area contributed by atoms with Crippen LogP contribution in [0, 0.1) is 0 Å². The minimum absolute atomic E-state index is 0.390. The van der Waals surface area contributed by atoms with E-state index in [1.807, 2.05) is 0 Å². The molecule has 92 valence electrons. The van der Waals surface area contributed by atoms with Crippen molar-refractivity contribution in [2.24, 2.45) is 0 Å². The second kappa shape index (κ2) is 4.57. The van der Waals surface area contributed by atoms with Gasteiger partial charge in [0.2, 0.25) is 0 Å². The first-order valence-electron chi connectivity index (χ1n) is 6.54. The first-order valence-corrected chi connectivity index (χ1v) is 6.54. The van der Waals surface area contributed by atoms with Crippen LogP contribution < -0.4 is 15.0 Å². The van der Waals surface area contributed by atoms with E-state index >= 15 is 0 Å². The quantitative estimate of drug-likeness (QED) is 0.841. The summed E-state index contributed by atoms with van der Waals surface area (Å²) in [7, 11) is 2.15. The van der Waals surface area contributed by atoms with Crippen LogP contribution in [0.3, 0.4) is 0 Å². The Hall–Kier alpha value is -1.22. The van der Waals surface area contributed by atoms with Gasteiger partial charge in [0.15, 0.2) is 0 Å². The number of hydrogen-bond acceptors (Lipinski definition) is 3. The van der Waals surface area contributed by atoms with Crippen molar-refractivity contribution in [2.75, 3.05) is 31.6 Å². The van der Waals surface area contributed by atoms with Crippen LogP contribution in [-0.4, -0.2) is 32.8 Å². The molecule has 0 saturated carbocycles. The highest BCUT2D eigenvalue weighted by Crippen LogP contribution is 2.31. The van der Waals surface area contributed by atoms with E-state index < -0.39 is 0 Å². The van der Waals surface area contributed by atoms with Crippen molar-refractivity contribution < 1.29 is 4.74 Å². The van der Waals surface area contributed by atoms with Gasteiger partial charge in [0.05, 0.1) is 0 Å². The molecule has 1 fully saturated rings. The van der Waals surface area contributed by atoms with E-state index in [-0.39, 0.29) is 0 Å². The fourth-order valence-corrected chi connectivity index (χ4v) is 2.70. The summed E-state index contributed by atoms with van der Waals surface area (Å²) >= 11 is 0. The molecule has 1 saturated heterocycles. The summed E-state index contributed by atoms with van der Waals surface area (Å²) in [5.41, 5.74) is 2.79. The lowest BCUT2D eigenvalue weighted by Gasteiger charge is -2.24. The Morgan fingerprint density at radius 2 is 2.12 bits per heavy atom. The van der Waals surface area contributed by atoms with Gasteiger partial charge < -0.3 is 15.0 Å². The zero-order valence-electron chi connectivity index (χ0n) is 10.4. The van der Waals surface area contributed by atoms with E-state index in [1.165, 1.54) is 17.7 Å². The molecule has 3 rings (SSSR count). The maximum absolute atomic E-state index is 6.06. The summed E-state index contributed by atoms with van der Waals surface area (Å²) in [5, 5.41) is 3.36. The monoisotopic (exact) mass is 232 g/mol. The SMILES string of the molecule is CN1CCc2ccc(OC3CCNCC3)cc21. The normalized spacial score (nSPS) is 20.4. The number of nitrogens with zero attached hydrogens (tertiary/aromatic N) is 1. The molecule has 0 aliphatic carbocycles. The fraction of sp³-hybridized carbons (Fsp3) is 0.571. The standard InChI is InChI=1S/C14H20N2O/c1-16-9-6-11-2-3-13(10-14(11)16)17-12-4-7-15-8-5-12/h2-3,10,12,15H,4-9H2,1H3. The maximum Gasteiger partial charge on any atom is 0.121 e. The molecule has 0 bridgehead atoms. The van der Waals surface area contributed by atoms with Crippen LogP contribution in [0.25, 0.3) is 0 Å². The first-order chi connectivity index (χ1) is 8.33. The molecule has 0 spiro atoms. The van der Waals surface area contributed by atoms with Gasteiger partial charge in [-0.3, -0.25) is 0 Å². The van der Waals surface area contributed by atoms with Gasteiger partial charge in [0.25, 0.3) is 0 Å². The summed E-state index contributed by atoms with van der Waals surface area (Å²) in [6.45, 7) is 3.29. The molecule has 1 aromatic rings. The van der Waals surface area contributed by atoms with Crippen molar-refractivity contribution in [2.45, 2.75) is 25.4 Å². The predicted octanol–water partition coefficient (Wildman–Crippen LogP) is 1.81. The molecule has 1 aromatic carbocycles. The molecule has 3 heteroatoms. The van der Waals surface area contributed by atoms with Gasteiger partial charge in [-0.25, -0.2) is 0 Å². The second-order valence-corrected chi connectivity index (χ2v) is 5.03. The van der Waals surface area contributed by atoms with Crippen LogP contribution in [0.4, 0.5) is 5.69 Å². The molecule has 0 aromatic heterocycles. The van der Waals surface area contributed by atoms with Gasteiger partial charge in [-0.2, -0.15) is 0 Å². The number of piperidine rings is 1. The Kier molecular flexibility index (Phi) is 2.93. The van der Waals surface area contributed by atoms with Gasteiger partial charge in [-0.05, 0) is 44.0 Å². The molecule has 0 unspecified atom stereocenters. The average molecular weight is 232 g/mol. The molecule has 2 heterocycles. The highest BCUT2D eigenvalue weighted by atomic mass is 16.5. The summed E-state index contributed by atoms with van der Waals surface area (Å²) in [6.07, 6.45) is 3.79. The molecular formula is C14H20N2O. The van der Waals surface area contributed by atoms with Gasteiger partial charge in [0, 0.05) is 25.3 Å². The molecule has 0 atom stereocenters. The number of rotatable bonds is 2. The highest BCUT2D eigenvalue weighted by molar-refractivity contribution is 5.60. The van der Waals surface area contributed by atoms with Gasteiger partial charge in [-0.1, -0.05) is 6.07 Å².